The molecule has 0 aromatic heterocycles. The Balaban J connectivity index is 1.35. The van der Waals surface area contributed by atoms with Crippen LogP contribution in [0, 0.1) is 17.8 Å². The Kier molecular flexibility index (Phi) is 6.06. The largest absolute Gasteiger partial charge is 0.323 e. The first kappa shape index (κ1) is 20.8. The van der Waals surface area contributed by atoms with Gasteiger partial charge in [-0.3, -0.25) is 4.79 Å². The number of nitrogens with one attached hydrogen (secondary N) is 2. The molecule has 2 aliphatic rings. The Morgan fingerprint density at radius 1 is 1.03 bits per heavy atom. The molecule has 2 aromatic carbocycles. The van der Waals surface area contributed by atoms with E-state index in [9.17, 15) is 13.2 Å². The monoisotopic (exact) mass is 424 g/mol. The number of carbonyl (C=O) groups excluding carboxylic acids is 1. The summed E-state index contributed by atoms with van der Waals surface area (Å²) in [7, 11) is -3.58. The van der Waals surface area contributed by atoms with Gasteiger partial charge in [0.05, 0.1) is 4.90 Å². The van der Waals surface area contributed by atoms with Crippen molar-refractivity contribution in [2.45, 2.75) is 43.5 Å². The fourth-order valence-corrected chi connectivity index (χ4v) is 6.24. The summed E-state index contributed by atoms with van der Waals surface area (Å²) < 4.78 is 28.4. The second-order valence-electron chi connectivity index (χ2n) is 8.51. The predicted octanol–water partition coefficient (Wildman–Crippen LogP) is 4.44. The van der Waals surface area contributed by atoms with Crippen LogP contribution in [0.15, 0.2) is 65.6 Å². The predicted molar refractivity (Wildman–Crippen MR) is 119 cm³/mol. The number of carbonyl (C=O) groups is 1. The fraction of sp³-hybridized carbons (Fsp3) is 0.375. The second kappa shape index (κ2) is 8.74. The molecule has 2 aromatic rings. The normalized spacial score (nSPS) is 24.2. The van der Waals surface area contributed by atoms with Gasteiger partial charge in [0.15, 0.2) is 0 Å². The van der Waals surface area contributed by atoms with Crippen LogP contribution in [-0.4, -0.2) is 20.4 Å². The lowest BCUT2D eigenvalue weighted by molar-refractivity contribution is -0.111. The van der Waals surface area contributed by atoms with Crippen LogP contribution in [0.2, 0.25) is 0 Å². The molecule has 0 radical (unpaired) electrons. The molecule has 0 heterocycles. The number of hydrogen-bond acceptors (Lipinski definition) is 3. The SMILES string of the molecule is C[C@@H](NS(=O)(=O)c1ccc(NC(=O)/C=C/c2ccccc2)cc1)[C@H]1C[C@@H]2CC[C@@H]1C2. The van der Waals surface area contributed by atoms with Gasteiger partial charge in [0.1, 0.15) is 0 Å². The topological polar surface area (TPSA) is 75.3 Å². The summed E-state index contributed by atoms with van der Waals surface area (Å²) in [5.74, 6) is 1.62. The van der Waals surface area contributed by atoms with Crippen LogP contribution in [-0.2, 0) is 14.8 Å². The molecule has 4 atom stereocenters. The van der Waals surface area contributed by atoms with E-state index < -0.39 is 10.0 Å². The fourth-order valence-electron chi connectivity index (χ4n) is 4.94. The van der Waals surface area contributed by atoms with E-state index in [-0.39, 0.29) is 16.8 Å². The Hall–Kier alpha value is -2.44. The third kappa shape index (κ3) is 4.82. The van der Waals surface area contributed by atoms with Crippen molar-refractivity contribution in [3.63, 3.8) is 0 Å². The lowest BCUT2D eigenvalue weighted by atomic mass is 9.84. The van der Waals surface area contributed by atoms with Crippen LogP contribution < -0.4 is 10.0 Å². The first-order valence-corrected chi connectivity index (χ1v) is 12.1. The minimum Gasteiger partial charge on any atom is -0.323 e. The molecule has 158 valence electrons. The van der Waals surface area contributed by atoms with Gasteiger partial charge in [-0.05, 0) is 79.8 Å². The number of rotatable bonds is 7. The number of anilines is 1. The van der Waals surface area contributed by atoms with E-state index in [0.717, 1.165) is 17.9 Å². The number of benzene rings is 2. The number of fused-ring (bicyclic) bond motifs is 2. The highest BCUT2D eigenvalue weighted by molar-refractivity contribution is 7.89. The van der Waals surface area contributed by atoms with Crippen molar-refractivity contribution in [1.82, 2.24) is 4.72 Å². The number of sulfonamides is 1. The molecule has 0 unspecified atom stereocenters. The molecule has 2 saturated carbocycles. The van der Waals surface area contributed by atoms with Gasteiger partial charge in [-0.25, -0.2) is 13.1 Å². The molecule has 1 amide bonds. The Morgan fingerprint density at radius 2 is 1.77 bits per heavy atom. The van der Waals surface area contributed by atoms with Crippen LogP contribution in [0.3, 0.4) is 0 Å². The van der Waals surface area contributed by atoms with Crippen molar-refractivity contribution in [3.8, 4) is 0 Å². The molecule has 0 spiro atoms. The highest BCUT2D eigenvalue weighted by atomic mass is 32.2. The van der Waals surface area contributed by atoms with Crippen LogP contribution in [0.5, 0.6) is 0 Å². The standard InChI is InChI=1S/C24H28N2O3S/c1-17(23-16-19-7-9-20(23)15-19)26-30(28,29)22-12-10-21(11-13-22)25-24(27)14-8-18-5-3-2-4-6-18/h2-6,8,10-14,17,19-20,23,26H,7,9,15-16H2,1H3,(H,25,27)/b14-8+/t17-,19-,20-,23-/m1/s1. The van der Waals surface area contributed by atoms with Crippen LogP contribution in [0.1, 0.15) is 38.2 Å². The Morgan fingerprint density at radius 3 is 2.40 bits per heavy atom. The molecule has 0 aliphatic heterocycles. The highest BCUT2D eigenvalue weighted by Crippen LogP contribution is 2.49. The third-order valence-corrected chi connectivity index (χ3v) is 8.01. The summed E-state index contributed by atoms with van der Waals surface area (Å²) in [6, 6.07) is 15.8. The van der Waals surface area contributed by atoms with Gasteiger partial charge in [0, 0.05) is 17.8 Å². The molecule has 30 heavy (non-hydrogen) atoms. The van der Waals surface area contributed by atoms with Crippen molar-refractivity contribution < 1.29 is 13.2 Å². The summed E-state index contributed by atoms with van der Waals surface area (Å²) in [5.41, 5.74) is 1.49. The Labute approximate surface area is 178 Å². The van der Waals surface area contributed by atoms with Gasteiger partial charge in [0.25, 0.3) is 0 Å². The first-order valence-electron chi connectivity index (χ1n) is 10.6. The average molecular weight is 425 g/mol. The molecular weight excluding hydrogens is 396 g/mol. The van der Waals surface area contributed by atoms with Crippen molar-refractivity contribution in [3.05, 3.63) is 66.2 Å². The minimum absolute atomic E-state index is 0.0622. The zero-order valence-electron chi connectivity index (χ0n) is 17.1. The first-order chi connectivity index (χ1) is 14.4. The molecular formula is C24H28N2O3S. The van der Waals surface area contributed by atoms with Crippen molar-refractivity contribution in [2.75, 3.05) is 5.32 Å². The maximum atomic E-state index is 12.8. The van der Waals surface area contributed by atoms with Gasteiger partial charge in [0.2, 0.25) is 15.9 Å². The number of hydrogen-bond donors (Lipinski definition) is 2. The summed E-state index contributed by atoms with van der Waals surface area (Å²) in [4.78, 5) is 12.3. The smallest absolute Gasteiger partial charge is 0.248 e. The molecule has 2 N–H and O–H groups in total. The molecule has 4 rings (SSSR count). The molecule has 2 aliphatic carbocycles. The van der Waals surface area contributed by atoms with Crippen LogP contribution in [0.4, 0.5) is 5.69 Å². The highest BCUT2D eigenvalue weighted by Gasteiger charge is 2.42. The van der Waals surface area contributed by atoms with E-state index in [0.29, 0.717) is 17.5 Å². The lowest BCUT2D eigenvalue weighted by Crippen LogP contribution is -2.40. The van der Waals surface area contributed by atoms with Crippen molar-refractivity contribution in [2.24, 2.45) is 17.8 Å². The van der Waals surface area contributed by atoms with E-state index in [1.54, 1.807) is 18.2 Å². The quantitative estimate of drug-likeness (QED) is 0.645. The van der Waals surface area contributed by atoms with E-state index >= 15 is 0 Å². The molecule has 0 saturated heterocycles. The van der Waals surface area contributed by atoms with Crippen molar-refractivity contribution >= 4 is 27.7 Å². The lowest BCUT2D eigenvalue weighted by Gasteiger charge is -2.28. The summed E-state index contributed by atoms with van der Waals surface area (Å²) >= 11 is 0. The maximum Gasteiger partial charge on any atom is 0.248 e. The van der Waals surface area contributed by atoms with E-state index in [1.807, 2.05) is 37.3 Å². The van der Waals surface area contributed by atoms with E-state index in [1.165, 1.54) is 37.5 Å². The zero-order chi connectivity index (χ0) is 21.1. The van der Waals surface area contributed by atoms with Crippen molar-refractivity contribution in [1.29, 1.82) is 0 Å². The molecule has 6 heteroatoms. The molecule has 5 nitrogen and oxygen atoms in total. The average Bonchev–Trinajstić information content (AvgIpc) is 3.37. The van der Waals surface area contributed by atoms with Gasteiger partial charge >= 0.3 is 0 Å². The summed E-state index contributed by atoms with van der Waals surface area (Å²) in [6.07, 6.45) is 8.11. The summed E-state index contributed by atoms with van der Waals surface area (Å²) in [5, 5.41) is 2.75. The maximum absolute atomic E-state index is 12.8. The van der Waals surface area contributed by atoms with Crippen LogP contribution >= 0.6 is 0 Å². The van der Waals surface area contributed by atoms with E-state index in [4.69, 9.17) is 0 Å². The van der Waals surface area contributed by atoms with Gasteiger partial charge < -0.3 is 5.32 Å². The minimum atomic E-state index is -3.58. The summed E-state index contributed by atoms with van der Waals surface area (Å²) in [6.45, 7) is 1.98. The van der Waals surface area contributed by atoms with Gasteiger partial charge in [-0.15, -0.1) is 0 Å². The molecule has 2 bridgehead atoms. The van der Waals surface area contributed by atoms with E-state index in [2.05, 4.69) is 10.0 Å². The molecule has 2 fully saturated rings. The Bertz CT molecular complexity index is 1020. The second-order valence-corrected chi connectivity index (χ2v) is 10.2. The van der Waals surface area contributed by atoms with Gasteiger partial charge in [-0.2, -0.15) is 0 Å². The number of amides is 1. The third-order valence-electron chi connectivity index (χ3n) is 6.43. The zero-order valence-corrected chi connectivity index (χ0v) is 17.9. The van der Waals surface area contributed by atoms with Crippen LogP contribution in [0.25, 0.3) is 6.08 Å². The van der Waals surface area contributed by atoms with Gasteiger partial charge in [-0.1, -0.05) is 36.8 Å².